The number of carbonyl (C=O) groups is 1. The second-order valence-corrected chi connectivity index (χ2v) is 4.02. The molecule has 0 unspecified atom stereocenters. The molecule has 2 aromatic heterocycles. The van der Waals surface area contributed by atoms with Crippen molar-refractivity contribution >= 4 is 23.2 Å². The number of amides is 1. The van der Waals surface area contributed by atoms with Crippen molar-refractivity contribution in [1.29, 1.82) is 0 Å². The van der Waals surface area contributed by atoms with E-state index in [1.54, 1.807) is 25.3 Å². The quantitative estimate of drug-likeness (QED) is 0.814. The van der Waals surface area contributed by atoms with E-state index in [2.05, 4.69) is 15.3 Å². The molecule has 0 aliphatic carbocycles. The molecule has 0 saturated heterocycles. The zero-order valence-corrected chi connectivity index (χ0v) is 10.3. The summed E-state index contributed by atoms with van der Waals surface area (Å²) in [6.45, 7) is 1.79. The molecule has 0 aliphatic rings. The van der Waals surface area contributed by atoms with E-state index in [0.29, 0.717) is 5.69 Å². The van der Waals surface area contributed by atoms with Gasteiger partial charge in [0.05, 0.1) is 5.69 Å². The van der Waals surface area contributed by atoms with Gasteiger partial charge in [-0.25, -0.2) is 4.98 Å². The number of carbonyl (C=O) groups excluding carboxylic acids is 1. The lowest BCUT2D eigenvalue weighted by atomic mass is 10.2. The van der Waals surface area contributed by atoms with Gasteiger partial charge in [-0.1, -0.05) is 11.6 Å². The third-order valence-electron chi connectivity index (χ3n) is 2.41. The van der Waals surface area contributed by atoms with E-state index in [4.69, 9.17) is 11.6 Å². The lowest BCUT2D eigenvalue weighted by Gasteiger charge is -2.08. The second kappa shape index (κ2) is 5.01. The molecule has 2 heterocycles. The molecule has 0 aliphatic heterocycles. The van der Waals surface area contributed by atoms with E-state index >= 15 is 0 Å². The third-order valence-corrected chi connectivity index (χ3v) is 2.70. The molecular formula is C12H10ClN3O2. The van der Waals surface area contributed by atoms with Crippen LogP contribution in [-0.4, -0.2) is 15.9 Å². The summed E-state index contributed by atoms with van der Waals surface area (Å²) < 4.78 is 0. The zero-order chi connectivity index (χ0) is 13.1. The Morgan fingerprint density at radius 1 is 1.44 bits per heavy atom. The maximum absolute atomic E-state index is 11.9. The summed E-state index contributed by atoms with van der Waals surface area (Å²) in [6, 6.07) is 4.73. The summed E-state index contributed by atoms with van der Waals surface area (Å²) in [4.78, 5) is 29.7. The van der Waals surface area contributed by atoms with Crippen LogP contribution in [0.25, 0.3) is 0 Å². The third kappa shape index (κ3) is 2.41. The van der Waals surface area contributed by atoms with Gasteiger partial charge >= 0.3 is 0 Å². The van der Waals surface area contributed by atoms with Gasteiger partial charge in [-0.05, 0) is 30.7 Å². The van der Waals surface area contributed by atoms with Crippen molar-refractivity contribution in [2.45, 2.75) is 6.92 Å². The second-order valence-electron chi connectivity index (χ2n) is 3.66. The fourth-order valence-corrected chi connectivity index (χ4v) is 1.71. The SMILES string of the molecule is Cc1ccnc(Cl)c1NC(=O)c1ccc[nH]c1=O. The molecule has 2 aromatic rings. The van der Waals surface area contributed by atoms with Crippen LogP contribution in [0.1, 0.15) is 15.9 Å². The van der Waals surface area contributed by atoms with Crippen molar-refractivity contribution in [2.24, 2.45) is 0 Å². The summed E-state index contributed by atoms with van der Waals surface area (Å²) in [7, 11) is 0. The van der Waals surface area contributed by atoms with Crippen molar-refractivity contribution in [1.82, 2.24) is 9.97 Å². The highest BCUT2D eigenvalue weighted by molar-refractivity contribution is 6.32. The number of aromatic amines is 1. The van der Waals surface area contributed by atoms with Gasteiger partial charge in [0.2, 0.25) is 0 Å². The molecule has 2 rings (SSSR count). The lowest BCUT2D eigenvalue weighted by Crippen LogP contribution is -2.23. The first-order valence-corrected chi connectivity index (χ1v) is 5.57. The maximum Gasteiger partial charge on any atom is 0.261 e. The van der Waals surface area contributed by atoms with E-state index in [1.165, 1.54) is 12.3 Å². The summed E-state index contributed by atoms with van der Waals surface area (Å²) in [5, 5.41) is 2.77. The number of nitrogens with zero attached hydrogens (tertiary/aromatic N) is 1. The molecule has 0 fully saturated rings. The molecule has 18 heavy (non-hydrogen) atoms. The van der Waals surface area contributed by atoms with Gasteiger partial charge in [0.1, 0.15) is 5.56 Å². The van der Waals surface area contributed by atoms with Crippen molar-refractivity contribution in [2.75, 3.05) is 5.32 Å². The number of aryl methyl sites for hydroxylation is 1. The van der Waals surface area contributed by atoms with Crippen LogP contribution < -0.4 is 10.9 Å². The smallest absolute Gasteiger partial charge is 0.261 e. The molecule has 0 radical (unpaired) electrons. The number of hydrogen-bond acceptors (Lipinski definition) is 3. The van der Waals surface area contributed by atoms with Gasteiger partial charge in [-0.3, -0.25) is 9.59 Å². The number of anilines is 1. The number of aromatic nitrogens is 2. The predicted molar refractivity (Wildman–Crippen MR) is 69.0 cm³/mol. The molecule has 2 N–H and O–H groups in total. The normalized spacial score (nSPS) is 10.1. The summed E-state index contributed by atoms with van der Waals surface area (Å²) >= 11 is 5.89. The van der Waals surface area contributed by atoms with Crippen LogP contribution in [0.4, 0.5) is 5.69 Å². The number of nitrogens with one attached hydrogen (secondary N) is 2. The lowest BCUT2D eigenvalue weighted by molar-refractivity contribution is 0.102. The zero-order valence-electron chi connectivity index (χ0n) is 9.53. The summed E-state index contributed by atoms with van der Waals surface area (Å²) in [5.41, 5.74) is 0.757. The number of rotatable bonds is 2. The number of hydrogen-bond donors (Lipinski definition) is 2. The Kier molecular flexibility index (Phi) is 3.43. The average molecular weight is 264 g/mol. The standard InChI is InChI=1S/C12H10ClN3O2/c1-7-4-6-14-10(13)9(7)16-12(18)8-3-2-5-15-11(8)17/h2-6H,1H3,(H,15,17)(H,16,18). The first-order chi connectivity index (χ1) is 8.59. The highest BCUT2D eigenvalue weighted by Crippen LogP contribution is 2.22. The van der Waals surface area contributed by atoms with Crippen LogP contribution in [-0.2, 0) is 0 Å². The molecule has 5 nitrogen and oxygen atoms in total. The number of halogens is 1. The first kappa shape index (κ1) is 12.3. The summed E-state index contributed by atoms with van der Waals surface area (Å²) in [5.74, 6) is -0.519. The van der Waals surface area contributed by atoms with Gasteiger partial charge in [0, 0.05) is 12.4 Å². The van der Waals surface area contributed by atoms with Crippen LogP contribution in [0, 0.1) is 6.92 Å². The molecule has 1 amide bonds. The van der Waals surface area contributed by atoms with Crippen LogP contribution in [0.2, 0.25) is 5.15 Å². The molecule has 6 heteroatoms. The average Bonchev–Trinajstić information content (AvgIpc) is 2.34. The van der Waals surface area contributed by atoms with Crippen LogP contribution in [0.15, 0.2) is 35.4 Å². The van der Waals surface area contributed by atoms with E-state index in [0.717, 1.165) is 5.56 Å². The van der Waals surface area contributed by atoms with Crippen LogP contribution in [0.3, 0.4) is 0 Å². The van der Waals surface area contributed by atoms with Crippen molar-refractivity contribution in [3.8, 4) is 0 Å². The Bertz CT molecular complexity index is 632. The minimum atomic E-state index is -0.519. The van der Waals surface area contributed by atoms with Gasteiger partial charge in [0.25, 0.3) is 11.5 Å². The monoisotopic (exact) mass is 263 g/mol. The Morgan fingerprint density at radius 3 is 2.89 bits per heavy atom. The molecular weight excluding hydrogens is 254 g/mol. The Morgan fingerprint density at radius 2 is 2.22 bits per heavy atom. The Hall–Kier alpha value is -2.14. The van der Waals surface area contributed by atoms with Gasteiger partial charge in [-0.15, -0.1) is 0 Å². The van der Waals surface area contributed by atoms with E-state index < -0.39 is 11.5 Å². The maximum atomic E-state index is 11.9. The Balaban J connectivity index is 2.33. The molecule has 92 valence electrons. The molecule has 0 atom stereocenters. The highest BCUT2D eigenvalue weighted by Gasteiger charge is 2.13. The summed E-state index contributed by atoms with van der Waals surface area (Å²) in [6.07, 6.45) is 3.00. The van der Waals surface area contributed by atoms with Crippen molar-refractivity contribution < 1.29 is 4.79 Å². The minimum absolute atomic E-state index is 0.0248. The molecule has 0 saturated carbocycles. The van der Waals surface area contributed by atoms with Gasteiger partial charge in [0.15, 0.2) is 5.15 Å². The van der Waals surface area contributed by atoms with Gasteiger partial charge in [-0.2, -0.15) is 0 Å². The number of H-pyrrole nitrogens is 1. The first-order valence-electron chi connectivity index (χ1n) is 5.20. The van der Waals surface area contributed by atoms with Crippen LogP contribution in [0.5, 0.6) is 0 Å². The van der Waals surface area contributed by atoms with E-state index in [9.17, 15) is 9.59 Å². The topological polar surface area (TPSA) is 74.8 Å². The largest absolute Gasteiger partial charge is 0.328 e. The van der Waals surface area contributed by atoms with E-state index in [-0.39, 0.29) is 10.7 Å². The highest BCUT2D eigenvalue weighted by atomic mass is 35.5. The van der Waals surface area contributed by atoms with E-state index in [1.807, 2.05) is 0 Å². The fourth-order valence-electron chi connectivity index (χ4n) is 1.46. The Labute approximate surface area is 108 Å². The molecule has 0 spiro atoms. The minimum Gasteiger partial charge on any atom is -0.328 e. The van der Waals surface area contributed by atoms with Crippen molar-refractivity contribution in [3.05, 3.63) is 57.2 Å². The fraction of sp³-hybridized carbons (Fsp3) is 0.0833. The van der Waals surface area contributed by atoms with Gasteiger partial charge < -0.3 is 10.3 Å². The predicted octanol–water partition coefficient (Wildman–Crippen LogP) is 1.98. The van der Waals surface area contributed by atoms with Crippen LogP contribution >= 0.6 is 11.6 Å². The number of pyridine rings is 2. The van der Waals surface area contributed by atoms with Crippen molar-refractivity contribution in [3.63, 3.8) is 0 Å². The molecule has 0 aromatic carbocycles. The molecule has 0 bridgehead atoms.